The topological polar surface area (TPSA) is 63.2 Å². The zero-order valence-electron chi connectivity index (χ0n) is 12.3. The van der Waals surface area contributed by atoms with E-state index in [9.17, 15) is 13.2 Å². The number of hydrogen-bond acceptors (Lipinski definition) is 3. The predicted octanol–water partition coefficient (Wildman–Crippen LogP) is 2.85. The Bertz CT molecular complexity index is 612. The second kappa shape index (κ2) is 4.88. The van der Waals surface area contributed by atoms with Gasteiger partial charge in [0, 0.05) is 11.6 Å². The molecule has 0 heterocycles. The van der Waals surface area contributed by atoms with E-state index < -0.39 is 14.6 Å². The third-order valence-electron chi connectivity index (χ3n) is 3.68. The highest BCUT2D eigenvalue weighted by Gasteiger charge is 2.39. The molecule has 0 radical (unpaired) electrons. The Hall–Kier alpha value is -1.36. The molecular weight excluding hydrogens is 274 g/mol. The molecule has 110 valence electrons. The molecule has 1 aliphatic rings. The van der Waals surface area contributed by atoms with E-state index in [4.69, 9.17) is 0 Å². The lowest BCUT2D eigenvalue weighted by molar-refractivity contribution is -0.117. The number of nitrogens with one attached hydrogen (secondary N) is 1. The van der Waals surface area contributed by atoms with Crippen LogP contribution < -0.4 is 5.32 Å². The highest BCUT2D eigenvalue weighted by molar-refractivity contribution is 7.92. The van der Waals surface area contributed by atoms with Crippen molar-refractivity contribution in [1.82, 2.24) is 0 Å². The van der Waals surface area contributed by atoms with Gasteiger partial charge in [-0.05, 0) is 57.4 Å². The Morgan fingerprint density at radius 3 is 2.10 bits per heavy atom. The number of benzene rings is 1. The van der Waals surface area contributed by atoms with Crippen LogP contribution in [0.3, 0.4) is 0 Å². The van der Waals surface area contributed by atoms with Crippen LogP contribution in [0.25, 0.3) is 0 Å². The Kier molecular flexibility index (Phi) is 3.67. The first kappa shape index (κ1) is 15.0. The molecule has 4 nitrogen and oxygen atoms in total. The van der Waals surface area contributed by atoms with E-state index in [0.717, 1.165) is 6.42 Å². The molecule has 1 aromatic carbocycles. The van der Waals surface area contributed by atoms with Gasteiger partial charge in [-0.1, -0.05) is 6.92 Å². The van der Waals surface area contributed by atoms with Crippen molar-refractivity contribution in [2.75, 3.05) is 5.32 Å². The molecule has 0 aromatic heterocycles. The molecule has 1 saturated carbocycles. The molecule has 1 amide bonds. The summed E-state index contributed by atoms with van der Waals surface area (Å²) in [6.45, 7) is 7.06. The third kappa shape index (κ3) is 2.87. The van der Waals surface area contributed by atoms with Gasteiger partial charge < -0.3 is 5.32 Å². The average molecular weight is 295 g/mol. The minimum Gasteiger partial charge on any atom is -0.326 e. The van der Waals surface area contributed by atoms with Crippen LogP contribution in [0.5, 0.6) is 0 Å². The first-order chi connectivity index (χ1) is 9.13. The summed E-state index contributed by atoms with van der Waals surface area (Å²) >= 11 is 0. The Labute approximate surface area is 120 Å². The monoisotopic (exact) mass is 295 g/mol. The molecule has 1 aromatic rings. The van der Waals surface area contributed by atoms with Gasteiger partial charge >= 0.3 is 0 Å². The minimum absolute atomic E-state index is 0.0175. The van der Waals surface area contributed by atoms with Crippen LogP contribution in [-0.2, 0) is 14.6 Å². The maximum atomic E-state index is 12.3. The molecule has 2 rings (SSSR count). The number of hydrogen-bond donors (Lipinski definition) is 1. The first-order valence-electron chi connectivity index (χ1n) is 6.78. The van der Waals surface area contributed by atoms with Crippen molar-refractivity contribution in [2.45, 2.75) is 43.8 Å². The SMILES string of the molecule is CC1CC1C(=O)Nc1ccc(S(=O)(=O)C(C)(C)C)cc1. The molecule has 20 heavy (non-hydrogen) atoms. The van der Waals surface area contributed by atoms with Gasteiger partial charge in [0.1, 0.15) is 0 Å². The fourth-order valence-electron chi connectivity index (χ4n) is 1.99. The molecule has 2 atom stereocenters. The highest BCUT2D eigenvalue weighted by atomic mass is 32.2. The second-order valence-corrected chi connectivity index (χ2v) is 9.15. The molecule has 0 spiro atoms. The molecule has 0 bridgehead atoms. The lowest BCUT2D eigenvalue weighted by Gasteiger charge is -2.19. The highest BCUT2D eigenvalue weighted by Crippen LogP contribution is 2.38. The largest absolute Gasteiger partial charge is 0.326 e. The third-order valence-corrected chi connectivity index (χ3v) is 6.19. The standard InChI is InChI=1S/C15H21NO3S/c1-10-9-13(10)14(17)16-11-5-7-12(8-6-11)20(18,19)15(2,3)4/h5-8,10,13H,9H2,1-4H3,(H,16,17). The van der Waals surface area contributed by atoms with Crippen molar-refractivity contribution in [3.05, 3.63) is 24.3 Å². The quantitative estimate of drug-likeness (QED) is 0.932. The smallest absolute Gasteiger partial charge is 0.227 e. The van der Waals surface area contributed by atoms with Gasteiger partial charge in [0.05, 0.1) is 9.64 Å². The molecular formula is C15H21NO3S. The van der Waals surface area contributed by atoms with E-state index in [1.807, 2.05) is 6.92 Å². The van der Waals surface area contributed by atoms with E-state index in [2.05, 4.69) is 5.32 Å². The normalized spacial score (nSPS) is 22.4. The Morgan fingerprint density at radius 2 is 1.70 bits per heavy atom. The molecule has 0 saturated heterocycles. The first-order valence-corrected chi connectivity index (χ1v) is 8.27. The number of anilines is 1. The van der Waals surface area contributed by atoms with Gasteiger partial charge in [-0.25, -0.2) is 8.42 Å². The second-order valence-electron chi connectivity index (χ2n) is 6.45. The van der Waals surface area contributed by atoms with E-state index in [1.54, 1.807) is 45.0 Å². The summed E-state index contributed by atoms with van der Waals surface area (Å²) in [5, 5.41) is 2.82. The summed E-state index contributed by atoms with van der Waals surface area (Å²) in [5.41, 5.74) is 0.641. The van der Waals surface area contributed by atoms with Gasteiger partial charge in [-0.15, -0.1) is 0 Å². The van der Waals surface area contributed by atoms with Crippen molar-refractivity contribution < 1.29 is 13.2 Å². The molecule has 0 aliphatic heterocycles. The average Bonchev–Trinajstić information content (AvgIpc) is 3.06. The molecule has 2 unspecified atom stereocenters. The predicted molar refractivity (Wildman–Crippen MR) is 79.3 cm³/mol. The molecule has 1 N–H and O–H groups in total. The Morgan fingerprint density at radius 1 is 1.20 bits per heavy atom. The van der Waals surface area contributed by atoms with Gasteiger partial charge in [0.2, 0.25) is 5.91 Å². The summed E-state index contributed by atoms with van der Waals surface area (Å²) in [6.07, 6.45) is 0.933. The summed E-state index contributed by atoms with van der Waals surface area (Å²) in [4.78, 5) is 12.1. The van der Waals surface area contributed by atoms with Gasteiger partial charge in [0.25, 0.3) is 0 Å². The van der Waals surface area contributed by atoms with Crippen LogP contribution >= 0.6 is 0 Å². The molecule has 5 heteroatoms. The number of amides is 1. The summed E-state index contributed by atoms with van der Waals surface area (Å²) < 4.78 is 23.7. The molecule has 1 aliphatic carbocycles. The van der Waals surface area contributed by atoms with Crippen molar-refractivity contribution in [3.8, 4) is 0 Å². The Balaban J connectivity index is 2.13. The van der Waals surface area contributed by atoms with Crippen LogP contribution in [0.4, 0.5) is 5.69 Å². The number of carbonyl (C=O) groups is 1. The zero-order chi connectivity index (χ0) is 15.1. The maximum Gasteiger partial charge on any atom is 0.227 e. The fraction of sp³-hybridized carbons (Fsp3) is 0.533. The fourth-order valence-corrected chi connectivity index (χ4v) is 3.19. The van der Waals surface area contributed by atoms with Crippen molar-refractivity contribution in [2.24, 2.45) is 11.8 Å². The van der Waals surface area contributed by atoms with E-state index in [1.165, 1.54) is 0 Å². The molecule has 1 fully saturated rings. The summed E-state index contributed by atoms with van der Waals surface area (Å²) in [5.74, 6) is 0.576. The van der Waals surface area contributed by atoms with Crippen LogP contribution in [0.15, 0.2) is 29.2 Å². The lowest BCUT2D eigenvalue weighted by Crippen LogP contribution is -2.27. The van der Waals surface area contributed by atoms with E-state index in [-0.39, 0.29) is 16.7 Å². The van der Waals surface area contributed by atoms with Crippen LogP contribution in [0, 0.1) is 11.8 Å². The summed E-state index contributed by atoms with van der Waals surface area (Å²) in [6, 6.07) is 6.38. The van der Waals surface area contributed by atoms with Gasteiger partial charge in [-0.3, -0.25) is 4.79 Å². The summed E-state index contributed by atoms with van der Waals surface area (Å²) in [7, 11) is -3.35. The van der Waals surface area contributed by atoms with Gasteiger partial charge in [0.15, 0.2) is 9.84 Å². The minimum atomic E-state index is -3.35. The lowest BCUT2D eigenvalue weighted by atomic mass is 10.2. The van der Waals surface area contributed by atoms with Crippen molar-refractivity contribution >= 4 is 21.4 Å². The number of sulfone groups is 1. The van der Waals surface area contributed by atoms with E-state index in [0.29, 0.717) is 11.6 Å². The van der Waals surface area contributed by atoms with Gasteiger partial charge in [-0.2, -0.15) is 0 Å². The van der Waals surface area contributed by atoms with Crippen LogP contribution in [0.1, 0.15) is 34.1 Å². The van der Waals surface area contributed by atoms with Crippen LogP contribution in [0.2, 0.25) is 0 Å². The van der Waals surface area contributed by atoms with E-state index >= 15 is 0 Å². The number of carbonyl (C=O) groups excluding carboxylic acids is 1. The van der Waals surface area contributed by atoms with Crippen molar-refractivity contribution in [3.63, 3.8) is 0 Å². The van der Waals surface area contributed by atoms with Crippen molar-refractivity contribution in [1.29, 1.82) is 0 Å². The zero-order valence-corrected chi connectivity index (χ0v) is 13.1. The maximum absolute atomic E-state index is 12.3. The number of rotatable bonds is 3. The van der Waals surface area contributed by atoms with Crippen LogP contribution in [-0.4, -0.2) is 19.1 Å².